The van der Waals surface area contributed by atoms with Gasteiger partial charge in [-0.1, -0.05) is 6.07 Å². The molecule has 0 radical (unpaired) electrons. The van der Waals surface area contributed by atoms with Crippen LogP contribution in [0.2, 0.25) is 0 Å². The van der Waals surface area contributed by atoms with Crippen molar-refractivity contribution in [1.82, 2.24) is 9.62 Å². The van der Waals surface area contributed by atoms with Crippen molar-refractivity contribution in [1.29, 1.82) is 0 Å². The first kappa shape index (κ1) is 26.0. The van der Waals surface area contributed by atoms with Gasteiger partial charge in [-0.15, -0.1) is 0 Å². The highest BCUT2D eigenvalue weighted by Crippen LogP contribution is 2.23. The zero-order chi connectivity index (χ0) is 24.9. The fourth-order valence-corrected chi connectivity index (χ4v) is 5.98. The molecule has 1 aliphatic heterocycles. The molecule has 0 spiro atoms. The van der Waals surface area contributed by atoms with Crippen LogP contribution in [-0.4, -0.2) is 66.1 Å². The molecular weight excluding hydrogens is 478 g/mol. The highest BCUT2D eigenvalue weighted by atomic mass is 32.2. The van der Waals surface area contributed by atoms with E-state index in [2.05, 4.69) is 5.32 Å². The smallest absolute Gasteiger partial charge is 0.243 e. The minimum absolute atomic E-state index is 0.145. The number of carbonyl (C=O) groups is 1. The van der Waals surface area contributed by atoms with Crippen molar-refractivity contribution in [2.75, 3.05) is 43.3 Å². The van der Waals surface area contributed by atoms with Crippen molar-refractivity contribution in [2.24, 2.45) is 0 Å². The van der Waals surface area contributed by atoms with E-state index >= 15 is 0 Å². The Labute approximate surface area is 201 Å². The summed E-state index contributed by atoms with van der Waals surface area (Å²) in [5.74, 6) is 0.0156. The van der Waals surface area contributed by atoms with E-state index in [1.165, 1.54) is 16.4 Å². The average molecular weight is 510 g/mol. The predicted octanol–water partition coefficient (Wildman–Crippen LogP) is 2.05. The standard InChI is InChI=1S/C23H31N3O6S2/c1-18-6-7-20(16-19(18)2)26(33(3,28)29)17-23(27)24-12-15-32-21-8-10-22(11-9-21)34(30,31)25-13-4-5-14-25/h6-11,16H,4-5,12-15,17H2,1-3H3,(H,24,27). The number of benzene rings is 2. The van der Waals surface area contributed by atoms with Gasteiger partial charge >= 0.3 is 0 Å². The third-order valence-electron chi connectivity index (χ3n) is 5.69. The van der Waals surface area contributed by atoms with Gasteiger partial charge in [0.2, 0.25) is 26.0 Å². The van der Waals surface area contributed by atoms with E-state index in [0.29, 0.717) is 24.5 Å². The number of ether oxygens (including phenoxy) is 1. The van der Waals surface area contributed by atoms with Gasteiger partial charge in [0.25, 0.3) is 0 Å². The quantitative estimate of drug-likeness (QED) is 0.491. The minimum atomic E-state index is -3.65. The van der Waals surface area contributed by atoms with Crippen LogP contribution < -0.4 is 14.4 Å². The second kappa shape index (κ2) is 10.7. The fraction of sp³-hybridized carbons (Fsp3) is 0.435. The molecule has 1 fully saturated rings. The second-order valence-corrected chi connectivity index (χ2v) is 12.2. The van der Waals surface area contributed by atoms with Crippen LogP contribution in [0, 0.1) is 13.8 Å². The Hall–Kier alpha value is -2.63. The van der Waals surface area contributed by atoms with E-state index in [1.54, 1.807) is 24.3 Å². The van der Waals surface area contributed by atoms with Crippen molar-refractivity contribution in [3.8, 4) is 5.75 Å². The van der Waals surface area contributed by atoms with Gasteiger partial charge in [0.15, 0.2) is 0 Å². The maximum atomic E-state index is 12.6. The SMILES string of the molecule is Cc1ccc(N(CC(=O)NCCOc2ccc(S(=O)(=O)N3CCCC3)cc2)S(C)(=O)=O)cc1C. The topological polar surface area (TPSA) is 113 Å². The summed E-state index contributed by atoms with van der Waals surface area (Å²) >= 11 is 0. The summed E-state index contributed by atoms with van der Waals surface area (Å²) in [6.07, 6.45) is 2.81. The molecular formula is C23H31N3O6S2. The van der Waals surface area contributed by atoms with E-state index in [4.69, 9.17) is 4.74 Å². The van der Waals surface area contributed by atoms with Gasteiger partial charge in [-0.3, -0.25) is 9.10 Å². The van der Waals surface area contributed by atoms with Crippen LogP contribution in [0.15, 0.2) is 47.4 Å². The molecule has 3 rings (SSSR count). The number of carbonyl (C=O) groups excluding carboxylic acids is 1. The van der Waals surface area contributed by atoms with Crippen LogP contribution >= 0.6 is 0 Å². The maximum absolute atomic E-state index is 12.6. The number of amides is 1. The maximum Gasteiger partial charge on any atom is 0.243 e. The monoisotopic (exact) mass is 509 g/mol. The first-order chi connectivity index (χ1) is 16.0. The Morgan fingerprint density at radius 1 is 1.00 bits per heavy atom. The average Bonchev–Trinajstić information content (AvgIpc) is 3.33. The molecule has 0 aliphatic carbocycles. The largest absolute Gasteiger partial charge is 0.492 e. The van der Waals surface area contributed by atoms with E-state index in [0.717, 1.165) is 34.5 Å². The molecule has 2 aromatic rings. The van der Waals surface area contributed by atoms with E-state index in [-0.39, 0.29) is 24.6 Å². The molecule has 0 aromatic heterocycles. The molecule has 0 unspecified atom stereocenters. The number of sulfonamides is 2. The summed E-state index contributed by atoms with van der Waals surface area (Å²) in [5, 5.41) is 2.65. The highest BCUT2D eigenvalue weighted by molar-refractivity contribution is 7.92. The van der Waals surface area contributed by atoms with Crippen molar-refractivity contribution in [2.45, 2.75) is 31.6 Å². The van der Waals surface area contributed by atoms with Crippen molar-refractivity contribution < 1.29 is 26.4 Å². The minimum Gasteiger partial charge on any atom is -0.492 e. The Morgan fingerprint density at radius 3 is 2.24 bits per heavy atom. The van der Waals surface area contributed by atoms with Crippen LogP contribution in [0.3, 0.4) is 0 Å². The summed E-state index contributed by atoms with van der Waals surface area (Å²) < 4.78 is 57.7. The normalized spacial score (nSPS) is 14.7. The third-order valence-corrected chi connectivity index (χ3v) is 8.74. The molecule has 0 bridgehead atoms. The van der Waals surface area contributed by atoms with E-state index in [1.807, 2.05) is 19.9 Å². The van der Waals surface area contributed by atoms with Gasteiger partial charge in [0, 0.05) is 13.1 Å². The Balaban J connectivity index is 1.51. The number of hydrogen-bond donors (Lipinski definition) is 1. The van der Waals surface area contributed by atoms with Gasteiger partial charge < -0.3 is 10.1 Å². The first-order valence-corrected chi connectivity index (χ1v) is 14.3. The molecule has 1 amide bonds. The zero-order valence-electron chi connectivity index (χ0n) is 19.7. The summed E-state index contributed by atoms with van der Waals surface area (Å²) in [4.78, 5) is 12.6. The van der Waals surface area contributed by atoms with Crippen LogP contribution in [0.1, 0.15) is 24.0 Å². The molecule has 0 atom stereocenters. The van der Waals surface area contributed by atoms with Crippen molar-refractivity contribution >= 4 is 31.6 Å². The van der Waals surface area contributed by atoms with Crippen LogP contribution in [-0.2, 0) is 24.8 Å². The lowest BCUT2D eigenvalue weighted by molar-refractivity contribution is -0.119. The lowest BCUT2D eigenvalue weighted by atomic mass is 10.1. The summed E-state index contributed by atoms with van der Waals surface area (Å²) in [5.41, 5.74) is 2.39. The van der Waals surface area contributed by atoms with Crippen molar-refractivity contribution in [3.63, 3.8) is 0 Å². The number of hydrogen-bond acceptors (Lipinski definition) is 6. The third kappa shape index (κ3) is 6.49. The fourth-order valence-electron chi connectivity index (χ4n) is 3.61. The molecule has 11 heteroatoms. The van der Waals surface area contributed by atoms with Gasteiger partial charge in [-0.25, -0.2) is 16.8 Å². The molecule has 34 heavy (non-hydrogen) atoms. The van der Waals surface area contributed by atoms with Gasteiger partial charge in [0.05, 0.1) is 23.4 Å². The van der Waals surface area contributed by atoms with E-state index in [9.17, 15) is 21.6 Å². The first-order valence-electron chi connectivity index (χ1n) is 11.0. The predicted molar refractivity (Wildman–Crippen MR) is 131 cm³/mol. The number of nitrogens with zero attached hydrogens (tertiary/aromatic N) is 2. The summed E-state index contributed by atoms with van der Waals surface area (Å²) in [6, 6.07) is 11.4. The number of aryl methyl sites for hydroxylation is 2. The van der Waals surface area contributed by atoms with Gasteiger partial charge in [-0.2, -0.15) is 4.31 Å². The molecule has 0 saturated carbocycles. The van der Waals surface area contributed by atoms with Crippen LogP contribution in [0.5, 0.6) is 5.75 Å². The van der Waals surface area contributed by atoms with Gasteiger partial charge in [-0.05, 0) is 74.2 Å². The van der Waals surface area contributed by atoms with Gasteiger partial charge in [0.1, 0.15) is 18.9 Å². The number of nitrogens with one attached hydrogen (secondary N) is 1. The Kier molecular flexibility index (Phi) is 8.21. The van der Waals surface area contributed by atoms with Crippen molar-refractivity contribution in [3.05, 3.63) is 53.6 Å². The lowest BCUT2D eigenvalue weighted by Gasteiger charge is -2.22. The number of rotatable bonds is 10. The molecule has 9 nitrogen and oxygen atoms in total. The van der Waals surface area contributed by atoms with Crippen LogP contribution in [0.25, 0.3) is 0 Å². The summed E-state index contributed by atoms with van der Waals surface area (Å²) in [6.45, 7) is 4.86. The lowest BCUT2D eigenvalue weighted by Crippen LogP contribution is -2.41. The highest BCUT2D eigenvalue weighted by Gasteiger charge is 2.27. The molecule has 1 heterocycles. The summed E-state index contributed by atoms with van der Waals surface area (Å²) in [7, 11) is -7.13. The molecule has 1 N–H and O–H groups in total. The van der Waals surface area contributed by atoms with Crippen LogP contribution in [0.4, 0.5) is 5.69 Å². The second-order valence-electron chi connectivity index (χ2n) is 8.32. The molecule has 186 valence electrons. The molecule has 1 saturated heterocycles. The van der Waals surface area contributed by atoms with E-state index < -0.39 is 26.0 Å². The number of anilines is 1. The molecule has 2 aromatic carbocycles. The zero-order valence-corrected chi connectivity index (χ0v) is 21.3. The Bertz CT molecular complexity index is 1220. The molecule has 1 aliphatic rings. The Morgan fingerprint density at radius 2 is 1.65 bits per heavy atom.